The molecule has 0 aliphatic rings. The van der Waals surface area contributed by atoms with Crippen molar-refractivity contribution >= 4 is 22.6 Å². The molecule has 2 aromatic carbocycles. The molecule has 0 saturated heterocycles. The van der Waals surface area contributed by atoms with Crippen LogP contribution in [-0.2, 0) is 5.88 Å². The Bertz CT molecular complexity index is 783. The van der Waals surface area contributed by atoms with Gasteiger partial charge in [0.25, 0.3) is 0 Å². The van der Waals surface area contributed by atoms with Crippen molar-refractivity contribution in [1.29, 1.82) is 0 Å². The molecule has 5 heteroatoms. The van der Waals surface area contributed by atoms with E-state index in [4.69, 9.17) is 21.1 Å². The van der Waals surface area contributed by atoms with E-state index in [0.717, 1.165) is 34.0 Å². The summed E-state index contributed by atoms with van der Waals surface area (Å²) in [7, 11) is 3.30. The van der Waals surface area contributed by atoms with Crippen molar-refractivity contribution in [3.05, 3.63) is 48.3 Å². The normalized spacial score (nSPS) is 10.8. The van der Waals surface area contributed by atoms with Crippen LogP contribution in [0.3, 0.4) is 0 Å². The number of alkyl halides is 1. The fourth-order valence-corrected chi connectivity index (χ4v) is 2.54. The Labute approximate surface area is 127 Å². The van der Waals surface area contributed by atoms with Gasteiger partial charge in [-0.25, -0.2) is 4.98 Å². The summed E-state index contributed by atoms with van der Waals surface area (Å²) in [6.07, 6.45) is 0. The molecule has 4 nitrogen and oxygen atoms in total. The Morgan fingerprint density at radius 3 is 2.52 bits per heavy atom. The number of fused-ring (bicyclic) bond motifs is 1. The standard InChI is InChI=1S/C16H15ClN2O2/c1-20-12-5-3-4-11(8-12)19-15-9-13(21-2)6-7-14(15)18-16(19)10-17/h3-9H,10H2,1-2H3. The first kappa shape index (κ1) is 13.8. The second-order valence-corrected chi connectivity index (χ2v) is 4.82. The van der Waals surface area contributed by atoms with Crippen molar-refractivity contribution < 1.29 is 9.47 Å². The highest BCUT2D eigenvalue weighted by Gasteiger charge is 2.13. The molecule has 0 N–H and O–H groups in total. The van der Waals surface area contributed by atoms with E-state index in [2.05, 4.69) is 4.98 Å². The minimum Gasteiger partial charge on any atom is -0.497 e. The van der Waals surface area contributed by atoms with E-state index >= 15 is 0 Å². The highest BCUT2D eigenvalue weighted by molar-refractivity contribution is 6.17. The molecule has 0 spiro atoms. The zero-order valence-electron chi connectivity index (χ0n) is 11.8. The quantitative estimate of drug-likeness (QED) is 0.688. The van der Waals surface area contributed by atoms with Gasteiger partial charge < -0.3 is 9.47 Å². The van der Waals surface area contributed by atoms with Crippen LogP contribution in [-0.4, -0.2) is 23.8 Å². The summed E-state index contributed by atoms with van der Waals surface area (Å²) >= 11 is 6.05. The highest BCUT2D eigenvalue weighted by atomic mass is 35.5. The molecule has 0 bridgehead atoms. The van der Waals surface area contributed by atoms with Gasteiger partial charge in [0.2, 0.25) is 0 Å². The summed E-state index contributed by atoms with van der Waals surface area (Å²) in [5.41, 5.74) is 2.80. The van der Waals surface area contributed by atoms with E-state index in [9.17, 15) is 0 Å². The zero-order valence-corrected chi connectivity index (χ0v) is 12.6. The fraction of sp³-hybridized carbons (Fsp3) is 0.188. The topological polar surface area (TPSA) is 36.3 Å². The van der Waals surface area contributed by atoms with E-state index in [1.165, 1.54) is 0 Å². The van der Waals surface area contributed by atoms with Crippen LogP contribution < -0.4 is 9.47 Å². The molecular formula is C16H15ClN2O2. The largest absolute Gasteiger partial charge is 0.497 e. The van der Waals surface area contributed by atoms with Crippen molar-refractivity contribution in [1.82, 2.24) is 9.55 Å². The molecule has 0 unspecified atom stereocenters. The summed E-state index contributed by atoms with van der Waals surface area (Å²) in [5.74, 6) is 2.69. The van der Waals surface area contributed by atoms with E-state index in [1.807, 2.05) is 47.0 Å². The third-order valence-corrected chi connectivity index (χ3v) is 3.60. The molecule has 108 valence electrons. The van der Waals surface area contributed by atoms with Crippen molar-refractivity contribution in [2.45, 2.75) is 5.88 Å². The maximum absolute atomic E-state index is 6.05. The summed E-state index contributed by atoms with van der Waals surface area (Å²) in [5, 5.41) is 0. The van der Waals surface area contributed by atoms with E-state index in [0.29, 0.717) is 5.88 Å². The summed E-state index contributed by atoms with van der Waals surface area (Å²) in [4.78, 5) is 4.57. The van der Waals surface area contributed by atoms with Gasteiger partial charge in [0.15, 0.2) is 0 Å². The van der Waals surface area contributed by atoms with Crippen molar-refractivity contribution in [3.63, 3.8) is 0 Å². The third kappa shape index (κ3) is 2.43. The molecule has 1 aromatic heterocycles. The first-order valence-electron chi connectivity index (χ1n) is 6.52. The molecule has 0 amide bonds. The molecule has 0 aliphatic heterocycles. The fourth-order valence-electron chi connectivity index (χ4n) is 2.36. The van der Waals surface area contributed by atoms with Gasteiger partial charge in [0, 0.05) is 12.1 Å². The number of aromatic nitrogens is 2. The summed E-state index contributed by atoms with van der Waals surface area (Å²) in [6.45, 7) is 0. The first-order valence-corrected chi connectivity index (χ1v) is 7.06. The first-order chi connectivity index (χ1) is 10.3. The van der Waals surface area contributed by atoms with Crippen LogP contribution >= 0.6 is 11.6 Å². The van der Waals surface area contributed by atoms with E-state index in [-0.39, 0.29) is 0 Å². The second-order valence-electron chi connectivity index (χ2n) is 4.55. The highest BCUT2D eigenvalue weighted by Crippen LogP contribution is 2.27. The minimum atomic E-state index is 0.328. The number of halogens is 1. The van der Waals surface area contributed by atoms with Gasteiger partial charge in [-0.3, -0.25) is 4.57 Å². The third-order valence-electron chi connectivity index (χ3n) is 3.36. The van der Waals surface area contributed by atoms with Crippen LogP contribution in [0.4, 0.5) is 0 Å². The molecule has 0 aliphatic carbocycles. The van der Waals surface area contributed by atoms with Crippen molar-refractivity contribution in [3.8, 4) is 17.2 Å². The molecule has 0 saturated carbocycles. The van der Waals surface area contributed by atoms with Gasteiger partial charge in [-0.15, -0.1) is 11.6 Å². The summed E-state index contributed by atoms with van der Waals surface area (Å²) in [6, 6.07) is 13.6. The Balaban J connectivity index is 2.27. The molecule has 0 fully saturated rings. The van der Waals surface area contributed by atoms with Crippen molar-refractivity contribution in [2.24, 2.45) is 0 Å². The lowest BCUT2D eigenvalue weighted by atomic mass is 10.2. The SMILES string of the molecule is COc1cccc(-n2c(CCl)nc3ccc(OC)cc32)c1. The van der Waals surface area contributed by atoms with Crippen LogP contribution in [0.1, 0.15) is 5.82 Å². The van der Waals surface area contributed by atoms with Gasteiger partial charge in [0.05, 0.1) is 36.8 Å². The maximum Gasteiger partial charge on any atom is 0.129 e. The van der Waals surface area contributed by atoms with Crippen LogP contribution in [0, 0.1) is 0 Å². The lowest BCUT2D eigenvalue weighted by molar-refractivity contribution is 0.414. The number of methoxy groups -OCH3 is 2. The average molecular weight is 303 g/mol. The van der Waals surface area contributed by atoms with Gasteiger partial charge in [-0.2, -0.15) is 0 Å². The average Bonchev–Trinajstić information content (AvgIpc) is 2.92. The monoisotopic (exact) mass is 302 g/mol. The molecule has 3 aromatic rings. The number of benzene rings is 2. The van der Waals surface area contributed by atoms with Crippen LogP contribution in [0.2, 0.25) is 0 Å². The lowest BCUT2D eigenvalue weighted by Crippen LogP contribution is -1.99. The Morgan fingerprint density at radius 1 is 1.05 bits per heavy atom. The van der Waals surface area contributed by atoms with Gasteiger partial charge in [0.1, 0.15) is 17.3 Å². The smallest absolute Gasteiger partial charge is 0.129 e. The molecule has 1 heterocycles. The maximum atomic E-state index is 6.05. The minimum absolute atomic E-state index is 0.328. The Hall–Kier alpha value is -2.20. The number of hydrogen-bond donors (Lipinski definition) is 0. The molecular weight excluding hydrogens is 288 g/mol. The van der Waals surface area contributed by atoms with Crippen molar-refractivity contribution in [2.75, 3.05) is 14.2 Å². The zero-order chi connectivity index (χ0) is 14.8. The number of imidazole rings is 1. The number of hydrogen-bond acceptors (Lipinski definition) is 3. The van der Waals surface area contributed by atoms with E-state index in [1.54, 1.807) is 14.2 Å². The van der Waals surface area contributed by atoms with Crippen LogP contribution in [0.15, 0.2) is 42.5 Å². The Morgan fingerprint density at radius 2 is 1.81 bits per heavy atom. The van der Waals surface area contributed by atoms with Gasteiger partial charge in [-0.1, -0.05) is 6.07 Å². The molecule has 0 radical (unpaired) electrons. The number of ether oxygens (including phenoxy) is 2. The lowest BCUT2D eigenvalue weighted by Gasteiger charge is -2.10. The van der Waals surface area contributed by atoms with E-state index < -0.39 is 0 Å². The summed E-state index contributed by atoms with van der Waals surface area (Å²) < 4.78 is 12.6. The predicted octanol–water partition coefficient (Wildman–Crippen LogP) is 3.78. The second kappa shape index (κ2) is 5.66. The van der Waals surface area contributed by atoms with Gasteiger partial charge in [-0.05, 0) is 24.3 Å². The molecule has 21 heavy (non-hydrogen) atoms. The Kier molecular flexibility index (Phi) is 3.71. The van der Waals surface area contributed by atoms with Crippen LogP contribution in [0.25, 0.3) is 16.7 Å². The number of rotatable bonds is 4. The molecule has 3 rings (SSSR count). The van der Waals surface area contributed by atoms with Crippen LogP contribution in [0.5, 0.6) is 11.5 Å². The molecule has 0 atom stereocenters. The number of nitrogens with zero attached hydrogens (tertiary/aromatic N) is 2. The predicted molar refractivity (Wildman–Crippen MR) is 83.7 cm³/mol. The van der Waals surface area contributed by atoms with Gasteiger partial charge >= 0.3 is 0 Å².